The number of fused-ring (bicyclic) bond motifs is 3. The molecule has 0 fully saturated rings. The molecule has 0 saturated carbocycles. The van der Waals surface area contributed by atoms with E-state index in [9.17, 15) is 31.2 Å². The summed E-state index contributed by atoms with van der Waals surface area (Å²) in [7, 11) is -5.20. The van der Waals surface area contributed by atoms with Crippen LogP contribution >= 0.6 is 23.2 Å². The zero-order valence-corrected chi connectivity index (χ0v) is 45.2. The minimum Gasteiger partial charge on any atom is -0.480 e. The fourth-order valence-electron chi connectivity index (χ4n) is 9.77. The number of carbonyl (C=O) groups is 1. The molecule has 1 aliphatic heterocycles. The zero-order chi connectivity index (χ0) is 55.9. The number of nitrogens with two attached hydrogens (primary N) is 2. The van der Waals surface area contributed by atoms with Gasteiger partial charge in [0.1, 0.15) is 5.82 Å². The number of anilines is 1. The molecule has 20 nitrogen and oxygen atoms in total. The van der Waals surface area contributed by atoms with E-state index < -0.39 is 31.3 Å². The molecule has 0 bridgehead atoms. The van der Waals surface area contributed by atoms with Crippen LogP contribution in [0.1, 0.15) is 44.1 Å². The number of primary sulfonamides is 1. The van der Waals surface area contributed by atoms with E-state index >= 15 is 0 Å². The number of Topliss-reactive ketones (excluding diaryl/α,β-unsaturated/α-hetero) is 1. The Bertz CT molecular complexity index is 4500. The quantitative estimate of drug-likeness (QED) is 0.0805. The summed E-state index contributed by atoms with van der Waals surface area (Å²) in [6.45, 7) is 2.47. The molecule has 11 rings (SSSR count). The smallest absolute Gasteiger partial charge is 0.325 e. The molecule has 0 aliphatic carbocycles. The van der Waals surface area contributed by atoms with Crippen LogP contribution in [-0.2, 0) is 46.0 Å². The lowest BCUT2D eigenvalue weighted by Gasteiger charge is -2.19. The second kappa shape index (κ2) is 21.6. The molecule has 24 heteroatoms. The molecule has 0 radical (unpaired) electrons. The third-order valence-electron chi connectivity index (χ3n) is 13.0. The molecule has 0 spiro atoms. The lowest BCUT2D eigenvalue weighted by molar-refractivity contribution is 0.0985. The molecule has 0 saturated heterocycles. The maximum atomic E-state index is 14.3. The van der Waals surface area contributed by atoms with E-state index in [1.165, 1.54) is 38.7 Å². The highest BCUT2D eigenvalue weighted by Crippen LogP contribution is 2.42. The van der Waals surface area contributed by atoms with Gasteiger partial charge < -0.3 is 29.3 Å². The van der Waals surface area contributed by atoms with E-state index in [2.05, 4.69) is 34.3 Å². The number of nitrogen functional groups attached to an aromatic ring is 1. The first-order valence-corrected chi connectivity index (χ1v) is 27.6. The van der Waals surface area contributed by atoms with E-state index in [1.807, 2.05) is 34.3 Å². The standard InChI is InChI=1S/C29H26ClN5O5S.C26H19ClN6O4S/c1-17-12-18(10-11-32-17)16-35-23-9-8-20(30)14-21(23)26(22-15-33-29(40-3)34-28(22)39-2)27(35)24(36)13-19-6-4-5-7-25(19)41(31,37)38;27-16-5-6-20-17(11-16)23(18-12-30-26(35)31-25(18)34)24(33(20)13-14-7-8-29-22(28)9-14)19-10-15-3-1-2-4-21(15)38(36,37)32-19/h4-12,14-15H,13,16H2,1-3H3,(H2,31,37,38);1-9,11-12H,10,13H2,(H2,28,29)(H2,30,31,34,35). The van der Waals surface area contributed by atoms with E-state index in [1.54, 1.807) is 91.3 Å². The van der Waals surface area contributed by atoms with Crippen molar-refractivity contribution in [1.29, 1.82) is 0 Å². The highest BCUT2D eigenvalue weighted by molar-refractivity contribution is 7.90. The van der Waals surface area contributed by atoms with Crippen molar-refractivity contribution in [2.24, 2.45) is 9.54 Å². The summed E-state index contributed by atoms with van der Waals surface area (Å²) in [5, 5.41) is 7.60. The van der Waals surface area contributed by atoms with Gasteiger partial charge in [-0.1, -0.05) is 59.6 Å². The van der Waals surface area contributed by atoms with Crippen molar-refractivity contribution in [3.05, 3.63) is 204 Å². The molecule has 7 heterocycles. The van der Waals surface area contributed by atoms with E-state index in [0.29, 0.717) is 72.3 Å². The number of H-pyrrole nitrogens is 2. The maximum Gasteiger partial charge on any atom is 0.325 e. The number of methoxy groups -OCH3 is 2. The van der Waals surface area contributed by atoms with E-state index in [0.717, 1.165) is 22.3 Å². The number of halogens is 2. The third-order valence-corrected chi connectivity index (χ3v) is 15.9. The minimum atomic E-state index is -4.07. The van der Waals surface area contributed by atoms with Crippen molar-refractivity contribution < 1.29 is 31.1 Å². The van der Waals surface area contributed by atoms with Gasteiger partial charge in [-0.05, 0) is 102 Å². The molecule has 0 amide bonds. The van der Waals surface area contributed by atoms with Crippen LogP contribution < -0.4 is 31.6 Å². The van der Waals surface area contributed by atoms with Gasteiger partial charge in [-0.2, -0.15) is 17.8 Å². The zero-order valence-electron chi connectivity index (χ0n) is 42.1. The van der Waals surface area contributed by atoms with Crippen LogP contribution in [0.2, 0.25) is 10.0 Å². The Morgan fingerprint density at radius 2 is 1.44 bits per heavy atom. The number of aryl methyl sites for hydroxylation is 1. The largest absolute Gasteiger partial charge is 0.480 e. The topological polar surface area (TPSA) is 295 Å². The van der Waals surface area contributed by atoms with Crippen molar-refractivity contribution in [2.75, 3.05) is 20.0 Å². The number of ether oxygens (including phenoxy) is 2. The molecule has 1 aliphatic rings. The normalized spacial score (nSPS) is 12.9. The first-order valence-electron chi connectivity index (χ1n) is 23.9. The second-order valence-electron chi connectivity index (χ2n) is 18.2. The van der Waals surface area contributed by atoms with Crippen LogP contribution in [-0.4, -0.2) is 81.6 Å². The van der Waals surface area contributed by atoms with Gasteiger partial charge in [0.25, 0.3) is 15.6 Å². The second-order valence-corrected chi connectivity index (χ2v) is 22.1. The number of pyridine rings is 2. The van der Waals surface area contributed by atoms with Gasteiger partial charge in [-0.25, -0.2) is 28.3 Å². The molecule has 0 atom stereocenters. The highest BCUT2D eigenvalue weighted by atomic mass is 35.5. The summed E-state index contributed by atoms with van der Waals surface area (Å²) in [4.78, 5) is 60.9. The Kier molecular flexibility index (Phi) is 14.6. The summed E-state index contributed by atoms with van der Waals surface area (Å²) in [6, 6.07) is 30.8. The summed E-state index contributed by atoms with van der Waals surface area (Å²) in [6.07, 6.45) is 6.08. The van der Waals surface area contributed by atoms with Crippen LogP contribution in [0.15, 0.2) is 158 Å². The summed E-state index contributed by atoms with van der Waals surface area (Å²) in [5.41, 5.74) is 11.8. The fraction of sp³-hybridized carbons (Fsp3) is 0.127. The van der Waals surface area contributed by atoms with Gasteiger partial charge in [0, 0.05) is 99.4 Å². The molecule has 4 aromatic carbocycles. The Balaban J connectivity index is 0.000000179. The molecular weight excluding hydrogens is 1090 g/mol. The number of carbonyl (C=O) groups excluding carboxylic acids is 1. The van der Waals surface area contributed by atoms with Crippen LogP contribution in [0.25, 0.3) is 44.1 Å². The SMILES string of the molecule is COc1ncc(-c2c(C(=O)Cc3ccccc3S(N)(=O)=O)n(Cc3ccnc(C)c3)c3ccc(Cl)cc23)c(OC)n1.Nc1cc(Cn2c(C3=NS(=O)(=O)c4ccccc4C3)c(-c3c[nH]c(=O)[nH]c3=O)c3cc(Cl)ccc32)ccn1. The first-order chi connectivity index (χ1) is 37.8. The minimum absolute atomic E-state index is 0.0922. The van der Waals surface area contributed by atoms with E-state index in [4.69, 9.17) is 43.5 Å². The average molecular weight is 1140 g/mol. The van der Waals surface area contributed by atoms with Crippen LogP contribution in [0.3, 0.4) is 0 Å². The number of nitrogens with zero attached hydrogens (tertiary/aromatic N) is 7. The number of sulfonamides is 2. The van der Waals surface area contributed by atoms with Crippen molar-refractivity contribution in [3.8, 4) is 34.1 Å². The number of rotatable bonds is 13. The molecule has 79 heavy (non-hydrogen) atoms. The van der Waals surface area contributed by atoms with Gasteiger partial charge in [0.2, 0.25) is 15.9 Å². The van der Waals surface area contributed by atoms with Gasteiger partial charge in [-0.15, -0.1) is 0 Å². The molecule has 400 valence electrons. The molecule has 6 aromatic heterocycles. The number of aromatic amines is 2. The summed E-state index contributed by atoms with van der Waals surface area (Å²) >= 11 is 12.8. The average Bonchev–Trinajstić information content (AvgIpc) is 4.11. The number of aromatic nitrogens is 8. The molecule has 10 aromatic rings. The predicted octanol–water partition coefficient (Wildman–Crippen LogP) is 7.69. The number of nitrogens with one attached hydrogen (secondary N) is 2. The molecular formula is C55H45Cl2N11O9S2. The van der Waals surface area contributed by atoms with Crippen molar-refractivity contribution >= 4 is 82.4 Å². The van der Waals surface area contributed by atoms with Gasteiger partial charge in [0.15, 0.2) is 5.78 Å². The van der Waals surface area contributed by atoms with E-state index in [-0.39, 0.29) is 63.7 Å². The maximum absolute atomic E-state index is 14.3. The van der Waals surface area contributed by atoms with Crippen molar-refractivity contribution in [1.82, 2.24) is 39.0 Å². The van der Waals surface area contributed by atoms with Gasteiger partial charge >= 0.3 is 11.7 Å². The lowest BCUT2D eigenvalue weighted by Crippen LogP contribution is -2.25. The van der Waals surface area contributed by atoms with Crippen LogP contribution in [0.5, 0.6) is 11.9 Å². The number of hydrogen-bond donors (Lipinski definition) is 4. The van der Waals surface area contributed by atoms with Crippen LogP contribution in [0.4, 0.5) is 5.82 Å². The Morgan fingerprint density at radius 1 is 0.785 bits per heavy atom. The van der Waals surface area contributed by atoms with Crippen LogP contribution in [0, 0.1) is 6.92 Å². The Morgan fingerprint density at radius 3 is 2.13 bits per heavy atom. The van der Waals surface area contributed by atoms with Crippen molar-refractivity contribution in [2.45, 2.75) is 42.6 Å². The number of benzene rings is 4. The highest BCUT2D eigenvalue weighted by Gasteiger charge is 2.32. The lowest BCUT2D eigenvalue weighted by atomic mass is 9.98. The van der Waals surface area contributed by atoms with Crippen molar-refractivity contribution in [3.63, 3.8) is 0 Å². The first kappa shape index (κ1) is 53.6. The number of hydrogen-bond acceptors (Lipinski definition) is 14. The van der Waals surface area contributed by atoms with Gasteiger partial charge in [0.05, 0.1) is 52.2 Å². The molecule has 0 unspecified atom stereocenters. The number of ketones is 1. The molecule has 6 N–H and O–H groups in total. The fourth-order valence-corrected chi connectivity index (χ4v) is 12.1. The Labute approximate surface area is 460 Å². The third kappa shape index (κ3) is 10.8. The predicted molar refractivity (Wildman–Crippen MR) is 300 cm³/mol. The monoisotopic (exact) mass is 1140 g/mol. The Hall–Kier alpha value is -8.80. The summed E-state index contributed by atoms with van der Waals surface area (Å²) < 4.78 is 69.9. The summed E-state index contributed by atoms with van der Waals surface area (Å²) in [5.74, 6) is 0.161. The van der Waals surface area contributed by atoms with Gasteiger partial charge in [-0.3, -0.25) is 19.6 Å².